The molecule has 2 aromatic rings. The second kappa shape index (κ2) is 5.15. The van der Waals surface area contributed by atoms with Crippen molar-refractivity contribution in [2.45, 2.75) is 32.9 Å². The summed E-state index contributed by atoms with van der Waals surface area (Å²) in [5, 5.41) is 8.87. The van der Waals surface area contributed by atoms with Crippen LogP contribution in [-0.2, 0) is 13.0 Å². The molecule has 3 rings (SSSR count). The molecule has 0 aliphatic carbocycles. The lowest BCUT2D eigenvalue weighted by Gasteiger charge is -2.31. The van der Waals surface area contributed by atoms with Crippen LogP contribution in [0.15, 0.2) is 36.5 Å². The highest BCUT2D eigenvalue weighted by Gasteiger charge is 2.21. The summed E-state index contributed by atoms with van der Waals surface area (Å²) in [6.45, 7) is 6.66. The van der Waals surface area contributed by atoms with Gasteiger partial charge in [0.15, 0.2) is 0 Å². The summed E-state index contributed by atoms with van der Waals surface area (Å²) >= 11 is 0. The monoisotopic (exact) mass is 265 g/mol. The van der Waals surface area contributed by atoms with E-state index < -0.39 is 0 Å². The molecule has 0 N–H and O–H groups in total. The molecule has 0 saturated carbocycles. The molecule has 0 atom stereocenters. The number of aromatic nitrogens is 1. The number of hydrogen-bond donors (Lipinski definition) is 0. The quantitative estimate of drug-likeness (QED) is 0.835. The minimum Gasteiger partial charge on any atom is -0.321 e. The zero-order chi connectivity index (χ0) is 14.1. The molecule has 0 saturated heterocycles. The highest BCUT2D eigenvalue weighted by Crippen LogP contribution is 2.24. The van der Waals surface area contributed by atoms with Crippen LogP contribution in [-0.4, -0.2) is 22.1 Å². The normalized spacial score (nSPS) is 15.1. The lowest BCUT2D eigenvalue weighted by molar-refractivity contribution is 0.202. The Morgan fingerprint density at radius 3 is 2.55 bits per heavy atom. The summed E-state index contributed by atoms with van der Waals surface area (Å²) in [6.07, 6.45) is 3.23. The van der Waals surface area contributed by atoms with Crippen molar-refractivity contribution in [1.29, 1.82) is 5.26 Å². The summed E-state index contributed by atoms with van der Waals surface area (Å²) in [5.41, 5.74) is 4.69. The van der Waals surface area contributed by atoms with Crippen LogP contribution in [0.5, 0.6) is 0 Å². The van der Waals surface area contributed by atoms with E-state index in [1.54, 1.807) is 0 Å². The van der Waals surface area contributed by atoms with Gasteiger partial charge in [-0.1, -0.05) is 0 Å². The second-order valence-electron chi connectivity index (χ2n) is 5.63. The molecule has 1 aliphatic rings. The van der Waals surface area contributed by atoms with Gasteiger partial charge in [-0.15, -0.1) is 0 Å². The summed E-state index contributed by atoms with van der Waals surface area (Å²) in [5.74, 6) is 0. The third kappa shape index (κ3) is 2.23. The Hall–Kier alpha value is -2.05. The van der Waals surface area contributed by atoms with E-state index >= 15 is 0 Å². The van der Waals surface area contributed by atoms with Crippen molar-refractivity contribution in [3.8, 4) is 11.8 Å². The van der Waals surface area contributed by atoms with E-state index in [1.807, 2.05) is 24.3 Å². The van der Waals surface area contributed by atoms with E-state index in [9.17, 15) is 0 Å². The molecule has 3 heteroatoms. The number of fused-ring (bicyclic) bond motifs is 1. The number of benzene rings is 1. The van der Waals surface area contributed by atoms with Crippen molar-refractivity contribution in [1.82, 2.24) is 9.47 Å². The van der Waals surface area contributed by atoms with E-state index in [4.69, 9.17) is 5.26 Å². The first-order valence-corrected chi connectivity index (χ1v) is 7.12. The molecule has 0 amide bonds. The first-order chi connectivity index (χ1) is 9.69. The lowest BCUT2D eigenvalue weighted by Crippen LogP contribution is -2.36. The highest BCUT2D eigenvalue weighted by atomic mass is 15.2. The van der Waals surface area contributed by atoms with Gasteiger partial charge in [0.25, 0.3) is 0 Å². The fraction of sp³-hybridized carbons (Fsp3) is 0.353. The van der Waals surface area contributed by atoms with E-state index in [-0.39, 0.29) is 0 Å². The molecular weight excluding hydrogens is 246 g/mol. The molecule has 0 radical (unpaired) electrons. The van der Waals surface area contributed by atoms with Crippen molar-refractivity contribution < 1.29 is 0 Å². The summed E-state index contributed by atoms with van der Waals surface area (Å²) in [6, 6.07) is 12.8. The first kappa shape index (κ1) is 13.0. The lowest BCUT2D eigenvalue weighted by atomic mass is 10.1. The molecule has 20 heavy (non-hydrogen) atoms. The predicted molar refractivity (Wildman–Crippen MR) is 79.7 cm³/mol. The van der Waals surface area contributed by atoms with Gasteiger partial charge in [-0.25, -0.2) is 0 Å². The second-order valence-corrected chi connectivity index (χ2v) is 5.63. The van der Waals surface area contributed by atoms with Crippen LogP contribution in [0.3, 0.4) is 0 Å². The van der Waals surface area contributed by atoms with Gasteiger partial charge in [0.05, 0.1) is 11.6 Å². The average Bonchev–Trinajstić information content (AvgIpc) is 2.90. The zero-order valence-electron chi connectivity index (χ0n) is 12.0. The Kier molecular flexibility index (Phi) is 3.33. The van der Waals surface area contributed by atoms with Gasteiger partial charge in [-0.3, -0.25) is 4.90 Å². The van der Waals surface area contributed by atoms with Crippen molar-refractivity contribution in [2.24, 2.45) is 0 Å². The maximum atomic E-state index is 8.87. The number of rotatable bonds is 2. The van der Waals surface area contributed by atoms with Crippen LogP contribution < -0.4 is 0 Å². The zero-order valence-corrected chi connectivity index (χ0v) is 12.0. The molecule has 1 aromatic carbocycles. The fourth-order valence-corrected chi connectivity index (χ4v) is 2.86. The predicted octanol–water partition coefficient (Wildman–Crippen LogP) is 3.12. The van der Waals surface area contributed by atoms with Gasteiger partial charge in [-0.2, -0.15) is 5.26 Å². The minimum atomic E-state index is 0.599. The molecular formula is C17H19N3. The Morgan fingerprint density at radius 2 is 1.90 bits per heavy atom. The van der Waals surface area contributed by atoms with Crippen molar-refractivity contribution in [3.63, 3.8) is 0 Å². The molecule has 1 aromatic heterocycles. The van der Waals surface area contributed by atoms with E-state index in [2.05, 4.69) is 41.6 Å². The molecule has 0 bridgehead atoms. The minimum absolute atomic E-state index is 0.599. The molecule has 0 unspecified atom stereocenters. The molecule has 102 valence electrons. The number of hydrogen-bond acceptors (Lipinski definition) is 2. The molecule has 3 nitrogen and oxygen atoms in total. The van der Waals surface area contributed by atoms with Crippen LogP contribution in [0.4, 0.5) is 0 Å². The third-order valence-corrected chi connectivity index (χ3v) is 4.10. The van der Waals surface area contributed by atoms with Crippen LogP contribution in [0.25, 0.3) is 5.69 Å². The van der Waals surface area contributed by atoms with Gasteiger partial charge < -0.3 is 4.57 Å². The number of nitriles is 1. The Balaban J connectivity index is 1.92. The van der Waals surface area contributed by atoms with Gasteiger partial charge in [0, 0.05) is 43.1 Å². The largest absolute Gasteiger partial charge is 0.321 e. The Labute approximate surface area is 120 Å². The van der Waals surface area contributed by atoms with Gasteiger partial charge in [0.2, 0.25) is 0 Å². The SMILES string of the molecule is CC(C)N1CCc2c(ccn2-c2ccc(C#N)cc2)C1. The van der Waals surface area contributed by atoms with Crippen LogP contribution in [0.2, 0.25) is 0 Å². The summed E-state index contributed by atoms with van der Waals surface area (Å²) in [7, 11) is 0. The maximum absolute atomic E-state index is 8.87. The van der Waals surface area contributed by atoms with Crippen molar-refractivity contribution in [3.05, 3.63) is 53.3 Å². The van der Waals surface area contributed by atoms with Gasteiger partial charge in [0.1, 0.15) is 0 Å². The smallest absolute Gasteiger partial charge is 0.0991 e. The number of nitrogens with zero attached hydrogens (tertiary/aromatic N) is 3. The Morgan fingerprint density at radius 1 is 1.15 bits per heavy atom. The standard InChI is InChI=1S/C17H19N3/c1-13(2)19-9-8-17-15(12-19)7-10-20(17)16-5-3-14(11-18)4-6-16/h3-7,10,13H,8-9,12H2,1-2H3. The summed E-state index contributed by atoms with van der Waals surface area (Å²) < 4.78 is 2.26. The van der Waals surface area contributed by atoms with E-state index in [0.29, 0.717) is 11.6 Å². The van der Waals surface area contributed by atoms with Crippen LogP contribution in [0.1, 0.15) is 30.7 Å². The van der Waals surface area contributed by atoms with Crippen LogP contribution >= 0.6 is 0 Å². The van der Waals surface area contributed by atoms with Crippen LogP contribution in [0, 0.1) is 11.3 Å². The summed E-state index contributed by atoms with van der Waals surface area (Å²) in [4.78, 5) is 2.51. The van der Waals surface area contributed by atoms with Crippen molar-refractivity contribution in [2.75, 3.05) is 6.54 Å². The first-order valence-electron chi connectivity index (χ1n) is 7.12. The maximum Gasteiger partial charge on any atom is 0.0991 e. The van der Waals surface area contributed by atoms with Gasteiger partial charge >= 0.3 is 0 Å². The van der Waals surface area contributed by atoms with Crippen molar-refractivity contribution >= 4 is 0 Å². The highest BCUT2D eigenvalue weighted by molar-refractivity contribution is 5.43. The third-order valence-electron chi connectivity index (χ3n) is 4.10. The molecule has 0 fully saturated rings. The van der Waals surface area contributed by atoms with Gasteiger partial charge in [-0.05, 0) is 49.7 Å². The average molecular weight is 265 g/mol. The Bertz CT molecular complexity index is 644. The van der Waals surface area contributed by atoms with E-state index in [0.717, 1.165) is 25.2 Å². The fourth-order valence-electron chi connectivity index (χ4n) is 2.86. The van der Waals surface area contributed by atoms with E-state index in [1.165, 1.54) is 11.3 Å². The topological polar surface area (TPSA) is 32.0 Å². The molecule has 0 spiro atoms. The molecule has 1 aliphatic heterocycles. The molecule has 2 heterocycles.